The molecule has 4 N–H and O–H groups in total. The van der Waals surface area contributed by atoms with Crippen LogP contribution < -0.4 is 11.1 Å². The van der Waals surface area contributed by atoms with Crippen molar-refractivity contribution < 1.29 is 9.90 Å². The summed E-state index contributed by atoms with van der Waals surface area (Å²) in [5.41, 5.74) is 6.65. The number of carbonyl (C=O) groups is 1. The van der Waals surface area contributed by atoms with E-state index in [1.165, 1.54) is 0 Å². The monoisotopic (exact) mass is 300 g/mol. The molecule has 94 valence electrons. The number of halogens is 1. The number of rotatable bonds is 5. The lowest BCUT2D eigenvalue weighted by atomic mass is 10.1. The maximum atomic E-state index is 11.8. The summed E-state index contributed by atoms with van der Waals surface area (Å²) in [5.74, 6) is -0.186. The van der Waals surface area contributed by atoms with Gasteiger partial charge in [-0.05, 0) is 38.0 Å². The number of hydrogen-bond donors (Lipinski definition) is 3. The Bertz CT molecular complexity index is 394. The molecule has 0 aromatic heterocycles. The summed E-state index contributed by atoms with van der Waals surface area (Å²) in [5, 5.41) is 11.8. The third-order valence-corrected chi connectivity index (χ3v) is 2.84. The molecule has 0 bridgehead atoms. The molecule has 0 radical (unpaired) electrons. The van der Waals surface area contributed by atoms with Crippen LogP contribution in [-0.2, 0) is 0 Å². The molecule has 0 heterocycles. The number of nitrogens with two attached hydrogens (primary N) is 1. The fourth-order valence-corrected chi connectivity index (χ4v) is 1.78. The average molecular weight is 301 g/mol. The number of nitrogens with one attached hydrogen (secondary N) is 1. The topological polar surface area (TPSA) is 75.3 Å². The molecule has 0 saturated carbocycles. The Morgan fingerprint density at radius 1 is 1.59 bits per heavy atom. The van der Waals surface area contributed by atoms with Crippen LogP contribution in [0.3, 0.4) is 0 Å². The Kier molecular flexibility index (Phi) is 5.44. The van der Waals surface area contributed by atoms with Gasteiger partial charge in [0.2, 0.25) is 0 Å². The van der Waals surface area contributed by atoms with Gasteiger partial charge in [0.1, 0.15) is 0 Å². The third kappa shape index (κ3) is 4.75. The predicted octanol–water partition coefficient (Wildman–Crippen LogP) is 1.92. The lowest BCUT2D eigenvalue weighted by Gasteiger charge is -2.08. The molecule has 0 spiro atoms. The second-order valence-electron chi connectivity index (χ2n) is 3.98. The smallest absolute Gasteiger partial charge is 0.253 e. The molecular formula is C12H17BrN2O2. The fourth-order valence-electron chi connectivity index (χ4n) is 1.42. The standard InChI is InChI=1S/C12H17BrN2O2/c1-8(16)3-2-6-15-12(17)10-7-9(13)4-5-11(10)14/h4-5,7-8,16H,2-3,6,14H2,1H3,(H,15,17). The van der Waals surface area contributed by atoms with Crippen molar-refractivity contribution in [1.82, 2.24) is 5.32 Å². The van der Waals surface area contributed by atoms with Gasteiger partial charge in [0.05, 0.1) is 11.7 Å². The van der Waals surface area contributed by atoms with E-state index >= 15 is 0 Å². The van der Waals surface area contributed by atoms with Gasteiger partial charge in [0.15, 0.2) is 0 Å². The van der Waals surface area contributed by atoms with Crippen molar-refractivity contribution >= 4 is 27.5 Å². The third-order valence-electron chi connectivity index (χ3n) is 2.34. The van der Waals surface area contributed by atoms with E-state index in [4.69, 9.17) is 10.8 Å². The molecule has 1 amide bonds. The van der Waals surface area contributed by atoms with Crippen LogP contribution in [0.15, 0.2) is 22.7 Å². The molecule has 0 aliphatic carbocycles. The molecule has 0 saturated heterocycles. The van der Waals surface area contributed by atoms with Gasteiger partial charge in [-0.15, -0.1) is 0 Å². The van der Waals surface area contributed by atoms with Crippen molar-refractivity contribution in [2.75, 3.05) is 12.3 Å². The largest absolute Gasteiger partial charge is 0.398 e. The van der Waals surface area contributed by atoms with Crippen molar-refractivity contribution in [3.63, 3.8) is 0 Å². The quantitative estimate of drug-likeness (QED) is 0.574. The van der Waals surface area contributed by atoms with Gasteiger partial charge in [-0.1, -0.05) is 15.9 Å². The van der Waals surface area contributed by atoms with Crippen molar-refractivity contribution in [1.29, 1.82) is 0 Å². The SMILES string of the molecule is CC(O)CCCNC(=O)c1cc(Br)ccc1N. The second kappa shape index (κ2) is 6.61. The number of carbonyl (C=O) groups excluding carboxylic acids is 1. The van der Waals surface area contributed by atoms with E-state index in [2.05, 4.69) is 21.2 Å². The number of hydrogen-bond acceptors (Lipinski definition) is 3. The van der Waals surface area contributed by atoms with Crippen LogP contribution >= 0.6 is 15.9 Å². The number of amides is 1. The summed E-state index contributed by atoms with van der Waals surface area (Å²) in [7, 11) is 0. The number of aliphatic hydroxyl groups excluding tert-OH is 1. The summed E-state index contributed by atoms with van der Waals surface area (Å²) >= 11 is 3.30. The van der Waals surface area contributed by atoms with E-state index in [-0.39, 0.29) is 12.0 Å². The van der Waals surface area contributed by atoms with Crippen LogP contribution in [0, 0.1) is 0 Å². The minimum atomic E-state index is -0.331. The highest BCUT2D eigenvalue weighted by Gasteiger charge is 2.09. The van der Waals surface area contributed by atoms with Crippen LogP contribution in [0.4, 0.5) is 5.69 Å². The summed E-state index contributed by atoms with van der Waals surface area (Å²) < 4.78 is 0.820. The Morgan fingerprint density at radius 2 is 2.29 bits per heavy atom. The average Bonchev–Trinajstić information content (AvgIpc) is 2.27. The van der Waals surface area contributed by atoms with Gasteiger partial charge < -0.3 is 16.2 Å². The number of anilines is 1. The van der Waals surface area contributed by atoms with E-state index in [9.17, 15) is 4.79 Å². The molecule has 0 aliphatic heterocycles. The van der Waals surface area contributed by atoms with Gasteiger partial charge in [0.25, 0.3) is 5.91 Å². The van der Waals surface area contributed by atoms with Gasteiger partial charge in [-0.25, -0.2) is 0 Å². The van der Waals surface area contributed by atoms with Crippen molar-refractivity contribution in [2.24, 2.45) is 0 Å². The Hall–Kier alpha value is -1.07. The van der Waals surface area contributed by atoms with Gasteiger partial charge in [-0.3, -0.25) is 4.79 Å². The summed E-state index contributed by atoms with van der Waals surface area (Å²) in [6.45, 7) is 2.27. The summed E-state index contributed by atoms with van der Waals surface area (Å²) in [6, 6.07) is 5.17. The van der Waals surface area contributed by atoms with E-state index in [0.29, 0.717) is 24.2 Å². The van der Waals surface area contributed by atoms with Crippen LogP contribution in [0.1, 0.15) is 30.1 Å². The van der Waals surface area contributed by atoms with Crippen LogP contribution in [0.5, 0.6) is 0 Å². The Morgan fingerprint density at radius 3 is 2.94 bits per heavy atom. The molecule has 1 aromatic carbocycles. The maximum absolute atomic E-state index is 11.8. The number of benzene rings is 1. The maximum Gasteiger partial charge on any atom is 0.253 e. The number of aliphatic hydroxyl groups is 1. The van der Waals surface area contributed by atoms with Gasteiger partial charge in [-0.2, -0.15) is 0 Å². The van der Waals surface area contributed by atoms with Gasteiger partial charge >= 0.3 is 0 Å². The first kappa shape index (κ1) is 14.0. The van der Waals surface area contributed by atoms with E-state index < -0.39 is 0 Å². The molecule has 1 aromatic rings. The molecule has 0 fully saturated rings. The van der Waals surface area contributed by atoms with Crippen LogP contribution in [0.2, 0.25) is 0 Å². The van der Waals surface area contributed by atoms with E-state index in [1.807, 2.05) is 0 Å². The molecule has 0 aliphatic rings. The van der Waals surface area contributed by atoms with Gasteiger partial charge in [0, 0.05) is 16.7 Å². The molecule has 5 heteroatoms. The summed E-state index contributed by atoms with van der Waals surface area (Å²) in [4.78, 5) is 11.8. The zero-order valence-electron chi connectivity index (χ0n) is 9.74. The van der Waals surface area contributed by atoms with Crippen molar-refractivity contribution in [3.8, 4) is 0 Å². The highest BCUT2D eigenvalue weighted by molar-refractivity contribution is 9.10. The molecule has 4 nitrogen and oxygen atoms in total. The van der Waals surface area contributed by atoms with Crippen LogP contribution in [-0.4, -0.2) is 23.7 Å². The first-order valence-electron chi connectivity index (χ1n) is 5.52. The first-order valence-corrected chi connectivity index (χ1v) is 6.31. The zero-order valence-corrected chi connectivity index (χ0v) is 11.3. The normalized spacial score (nSPS) is 12.2. The number of nitrogen functional groups attached to an aromatic ring is 1. The molecule has 1 unspecified atom stereocenters. The highest BCUT2D eigenvalue weighted by Crippen LogP contribution is 2.18. The van der Waals surface area contributed by atoms with Crippen molar-refractivity contribution in [3.05, 3.63) is 28.2 Å². The zero-order chi connectivity index (χ0) is 12.8. The fraction of sp³-hybridized carbons (Fsp3) is 0.417. The molecule has 1 atom stereocenters. The van der Waals surface area contributed by atoms with E-state index in [1.54, 1.807) is 25.1 Å². The second-order valence-corrected chi connectivity index (χ2v) is 4.89. The highest BCUT2D eigenvalue weighted by atomic mass is 79.9. The Labute approximate surface area is 109 Å². The van der Waals surface area contributed by atoms with Crippen molar-refractivity contribution in [2.45, 2.75) is 25.9 Å². The molecule has 1 rings (SSSR count). The molecule has 17 heavy (non-hydrogen) atoms. The summed E-state index contributed by atoms with van der Waals surface area (Å²) in [6.07, 6.45) is 1.09. The minimum absolute atomic E-state index is 0.186. The molecular weight excluding hydrogens is 284 g/mol. The van der Waals surface area contributed by atoms with Crippen LogP contribution in [0.25, 0.3) is 0 Å². The minimum Gasteiger partial charge on any atom is -0.398 e. The lowest BCUT2D eigenvalue weighted by Crippen LogP contribution is -2.25. The predicted molar refractivity (Wildman–Crippen MR) is 71.8 cm³/mol. The van der Waals surface area contributed by atoms with E-state index in [0.717, 1.165) is 10.9 Å². The Balaban J connectivity index is 2.49. The first-order chi connectivity index (χ1) is 8.00. The lowest BCUT2D eigenvalue weighted by molar-refractivity contribution is 0.0950.